The van der Waals surface area contributed by atoms with Gasteiger partial charge in [0.1, 0.15) is 24.7 Å². The molecule has 1 unspecified atom stereocenters. The molecule has 0 aliphatic heterocycles. The van der Waals surface area contributed by atoms with Gasteiger partial charge in [-0.2, -0.15) is 13.2 Å². The number of likely N-dealkylation sites (N-methyl/N-ethyl adjacent to an activating group) is 1. The zero-order valence-electron chi connectivity index (χ0n) is 71.7. The van der Waals surface area contributed by atoms with Crippen molar-refractivity contribution in [3.8, 4) is 0 Å². The Hall–Kier alpha value is -4.85. The number of quaternary nitrogens is 1. The Labute approximate surface area is 708 Å². The molecule has 0 radical (unpaired) electrons. The first-order valence-electron chi connectivity index (χ1n) is 44.0. The number of nitrogens with zero attached hydrogens (tertiary/aromatic N) is 1. The zero-order chi connectivity index (χ0) is 85.4. The van der Waals surface area contributed by atoms with Gasteiger partial charge in [0.15, 0.2) is 0 Å². The second kappa shape index (κ2) is 72.8. The average molecular weight is 1710 g/mol. The first-order chi connectivity index (χ1) is 56.6. The molecule has 1 fully saturated rings. The molecule has 2 atom stereocenters. The van der Waals surface area contributed by atoms with Gasteiger partial charge in [-0.25, -0.2) is 4.79 Å². The van der Waals surface area contributed by atoms with E-state index in [1.807, 2.05) is 0 Å². The van der Waals surface area contributed by atoms with Gasteiger partial charge in [-0.1, -0.05) is 235 Å². The van der Waals surface area contributed by atoms with Crippen LogP contribution in [-0.4, -0.2) is 242 Å². The van der Waals surface area contributed by atoms with Crippen molar-refractivity contribution in [1.82, 2.24) is 16.0 Å². The van der Waals surface area contributed by atoms with Crippen molar-refractivity contribution >= 4 is 64.5 Å². The Morgan fingerprint density at radius 2 is 0.846 bits per heavy atom. The van der Waals surface area contributed by atoms with Crippen molar-refractivity contribution < 1.29 is 109 Å². The third-order valence-electron chi connectivity index (χ3n) is 20.3. The molecule has 2 aromatic rings. The largest absolute Gasteiger partial charge is 0.542 e. The van der Waals surface area contributed by atoms with Gasteiger partial charge in [0, 0.05) is 57.7 Å². The fourth-order valence-electron chi connectivity index (χ4n) is 13.5. The molecule has 0 saturated heterocycles. The van der Waals surface area contributed by atoms with Crippen LogP contribution in [0.1, 0.15) is 261 Å². The van der Waals surface area contributed by atoms with E-state index in [2.05, 4.69) is 49.2 Å². The Balaban J connectivity index is 0.00000631. The van der Waals surface area contributed by atoms with Crippen molar-refractivity contribution in [2.24, 2.45) is 5.41 Å². The smallest absolute Gasteiger partial charge is 0.430 e. The predicted molar refractivity (Wildman–Crippen MR) is 451 cm³/mol. The van der Waals surface area contributed by atoms with E-state index in [4.69, 9.17) is 85.2 Å². The second-order valence-corrected chi connectivity index (χ2v) is 31.8. The maximum absolute atomic E-state index is 13.7. The molecule has 0 heterocycles. The summed E-state index contributed by atoms with van der Waals surface area (Å²) in [7, 11) is 4.53. The van der Waals surface area contributed by atoms with Crippen LogP contribution in [0.25, 0.3) is 0 Å². The van der Waals surface area contributed by atoms with Crippen molar-refractivity contribution in [2.75, 3.05) is 184 Å². The van der Waals surface area contributed by atoms with E-state index in [0.29, 0.717) is 162 Å². The van der Waals surface area contributed by atoms with Gasteiger partial charge >= 0.3 is 12.1 Å². The number of hydrogen-bond acceptors (Lipinski definition) is 18. The second-order valence-electron chi connectivity index (χ2n) is 31.0. The number of aliphatic carboxylic acids is 2. The molecule has 24 nitrogen and oxygen atoms in total. The number of carbonyl (C=O) groups excluding carboxylic acids is 5. The lowest BCUT2D eigenvalue weighted by atomic mass is 9.81. The Morgan fingerprint density at radius 3 is 1.22 bits per heavy atom. The molecule has 29 heteroatoms. The maximum atomic E-state index is 13.7. The van der Waals surface area contributed by atoms with Crippen LogP contribution in [0.5, 0.6) is 0 Å². The molecule has 676 valence electrons. The molecule has 1 aliphatic carbocycles. The predicted octanol–water partition coefficient (Wildman–Crippen LogP) is 15.6. The first-order valence-corrected chi connectivity index (χ1v) is 44.8. The van der Waals surface area contributed by atoms with E-state index in [-0.39, 0.29) is 65.4 Å². The van der Waals surface area contributed by atoms with Gasteiger partial charge in [0.25, 0.3) is 5.91 Å². The number of carbonyl (C=O) groups is 6. The number of halogens is 5. The van der Waals surface area contributed by atoms with Crippen molar-refractivity contribution in [3.63, 3.8) is 0 Å². The normalized spacial score (nSPS) is 13.3. The number of carboxylic acids is 2. The Kier molecular flexibility index (Phi) is 67.3. The summed E-state index contributed by atoms with van der Waals surface area (Å²) in [6.07, 6.45) is 37.3. The number of rotatable bonds is 79. The standard InChI is InChI=1S/C86H149Cl2N5O17.C2HF3O2/c1-5-7-9-11-13-15-17-19-21-23-25-27-29-33-51-109-73-76(110-52-34-30-28-26-24-22-20-18-16-14-12-10-8-6-2)72-93(3,4)50-36-48-89-80(94)43-53-100-55-57-102-59-61-104-63-65-106-67-69-108-70-68-107-66-64-105-62-60-103-58-56-101-54-44-81(95)90-49-47-86(45-31-32-46-86)85(99)92-79(84(97)98)71-74-39-41-75(42-40-74)91-83(96)82-77(87)37-35-38-78(82)88;3-2(4,5)1(6)7/h35,37-42,76,79H,5-34,36,43-73H2,1-4H3,(H4-,89,90,91,92,94,95,96,97,98,99);(H,6,7)/t76?,79-;/m0./s1. The summed E-state index contributed by atoms with van der Waals surface area (Å²) in [6, 6.07) is 10.3. The average Bonchev–Trinajstić information content (AvgIpc) is 1.74. The number of alkyl halides is 3. The summed E-state index contributed by atoms with van der Waals surface area (Å²) in [5.41, 5.74) is 0.468. The minimum atomic E-state index is -5.19. The van der Waals surface area contributed by atoms with E-state index in [9.17, 15) is 42.3 Å². The number of amides is 4. The highest BCUT2D eigenvalue weighted by molar-refractivity contribution is 6.40. The molecule has 2 aromatic carbocycles. The third-order valence-corrected chi connectivity index (χ3v) is 21.0. The summed E-state index contributed by atoms with van der Waals surface area (Å²) in [5.74, 6) is -5.20. The number of hydrogen-bond donors (Lipinski definition) is 5. The minimum absolute atomic E-state index is 0.000125. The lowest BCUT2D eigenvalue weighted by Gasteiger charge is -2.33. The van der Waals surface area contributed by atoms with Crippen LogP contribution >= 0.6 is 23.2 Å². The van der Waals surface area contributed by atoms with Crippen LogP contribution in [0.3, 0.4) is 0 Å². The Bertz CT molecular complexity index is 2780. The molecule has 0 spiro atoms. The summed E-state index contributed by atoms with van der Waals surface area (Å²) >= 11 is 12.4. The molecule has 5 N–H and O–H groups in total. The molecule has 0 bridgehead atoms. The molecule has 1 aliphatic rings. The first kappa shape index (κ1) is 108. The molecule has 4 amide bonds. The molecular weight excluding hydrogens is 1560 g/mol. The minimum Gasteiger partial charge on any atom is -0.542 e. The molecular formula is C88H150Cl2F3N5O19. The van der Waals surface area contributed by atoms with E-state index in [0.717, 1.165) is 62.9 Å². The number of carboxylic acid groups (broad SMARTS) is 2. The quantitative estimate of drug-likeness (QED) is 0.0304. The van der Waals surface area contributed by atoms with E-state index < -0.39 is 35.5 Å². The third kappa shape index (κ3) is 61.2. The fraction of sp³-hybridized carbons (Fsp3) is 0.795. The van der Waals surface area contributed by atoms with Gasteiger partial charge in [-0.15, -0.1) is 0 Å². The molecule has 3 rings (SSSR count). The van der Waals surface area contributed by atoms with Crippen LogP contribution in [0, 0.1) is 5.41 Å². The van der Waals surface area contributed by atoms with E-state index in [1.54, 1.807) is 42.5 Å². The Morgan fingerprint density at radius 1 is 0.487 bits per heavy atom. The monoisotopic (exact) mass is 1710 g/mol. The molecule has 0 aromatic heterocycles. The number of nitrogens with one attached hydrogen (secondary N) is 4. The van der Waals surface area contributed by atoms with Crippen LogP contribution in [-0.2, 0) is 82.5 Å². The lowest BCUT2D eigenvalue weighted by Crippen LogP contribution is -2.49. The van der Waals surface area contributed by atoms with Crippen LogP contribution < -0.4 is 26.4 Å². The van der Waals surface area contributed by atoms with Crippen molar-refractivity contribution in [2.45, 2.75) is 270 Å². The van der Waals surface area contributed by atoms with Gasteiger partial charge in [-0.05, 0) is 61.9 Å². The summed E-state index contributed by atoms with van der Waals surface area (Å²) < 4.78 is 95.6. The fourth-order valence-corrected chi connectivity index (χ4v) is 14.1. The number of unbranched alkanes of at least 4 members (excludes halogenated alkanes) is 26. The highest BCUT2D eigenvalue weighted by atomic mass is 35.5. The van der Waals surface area contributed by atoms with Crippen molar-refractivity contribution in [3.05, 3.63) is 63.6 Å². The summed E-state index contributed by atoms with van der Waals surface area (Å²) in [5, 5.41) is 30.8. The van der Waals surface area contributed by atoms with Crippen LogP contribution in [0.4, 0.5) is 18.9 Å². The zero-order valence-corrected chi connectivity index (χ0v) is 73.2. The number of anilines is 1. The SMILES string of the molecule is CCCCCCCCCCCCCCCCOCC(C[N+](C)(C)CCCNC(=O)CCOCCOCCOCCOCCOCCOCCOCCOCCOCCC(=O)NCCC1(C(=O)N[C@@H](Cc2ccc(NC(=O)c3c(Cl)cccc3Cl)cc2)C(=O)O)CCCC1)OCCCCCCCCCCCCCCCC.O=C([O-])C(F)(F)F. The van der Waals surface area contributed by atoms with E-state index in [1.165, 1.54) is 167 Å². The van der Waals surface area contributed by atoms with E-state index >= 15 is 0 Å². The van der Waals surface area contributed by atoms with Gasteiger partial charge < -0.3 is 92.9 Å². The topological polar surface area (TPSA) is 295 Å². The molecule has 1 saturated carbocycles. The van der Waals surface area contributed by atoms with Crippen LogP contribution in [0.15, 0.2) is 42.5 Å². The van der Waals surface area contributed by atoms with Gasteiger partial charge in [-0.3, -0.25) is 19.2 Å². The van der Waals surface area contributed by atoms with Crippen LogP contribution in [0.2, 0.25) is 10.0 Å². The highest BCUT2D eigenvalue weighted by Gasteiger charge is 2.42. The number of ether oxygens (including phenoxy) is 11. The van der Waals surface area contributed by atoms with Gasteiger partial charge in [0.05, 0.1) is 167 Å². The maximum Gasteiger partial charge on any atom is 0.430 e. The highest BCUT2D eigenvalue weighted by Crippen LogP contribution is 2.41. The summed E-state index contributed by atoms with van der Waals surface area (Å²) in [4.78, 5) is 72.9. The summed E-state index contributed by atoms with van der Waals surface area (Å²) in [6.45, 7) is 16.8. The van der Waals surface area contributed by atoms with Crippen molar-refractivity contribution in [1.29, 1.82) is 0 Å². The number of benzene rings is 2. The van der Waals surface area contributed by atoms with Gasteiger partial charge in [0.2, 0.25) is 17.7 Å². The lowest BCUT2D eigenvalue weighted by molar-refractivity contribution is -0.893. The molecule has 117 heavy (non-hydrogen) atoms.